The maximum Gasteiger partial charge on any atom is 0.313 e. The van der Waals surface area contributed by atoms with Gasteiger partial charge in [0.25, 0.3) is 0 Å². The number of nitrogens with one attached hydrogen (secondary N) is 1. The van der Waals surface area contributed by atoms with Gasteiger partial charge in [-0.3, -0.25) is 9.59 Å². The van der Waals surface area contributed by atoms with Crippen molar-refractivity contribution in [2.45, 2.75) is 26.2 Å². The number of hydrogen-bond acceptors (Lipinski definition) is 8. The molecule has 0 saturated heterocycles. The smallest absolute Gasteiger partial charge is 0.313 e. The Balaban J connectivity index is 1.98. The van der Waals surface area contributed by atoms with Crippen LogP contribution in [-0.2, 0) is 33.3 Å². The highest BCUT2D eigenvalue weighted by molar-refractivity contribution is 5.75. The van der Waals surface area contributed by atoms with Gasteiger partial charge in [-0.2, -0.15) is 8.78 Å². The molecule has 9 nitrogen and oxygen atoms in total. The predicted molar refractivity (Wildman–Crippen MR) is 118 cm³/mol. The van der Waals surface area contributed by atoms with Gasteiger partial charge in [0.05, 0.1) is 65.9 Å². The van der Waals surface area contributed by atoms with Gasteiger partial charge >= 0.3 is 5.97 Å². The highest BCUT2D eigenvalue weighted by Gasteiger charge is 2.28. The molecule has 0 atom stereocenters. The molecule has 0 heterocycles. The molecule has 1 amide bonds. The number of halogens is 5. The number of carbonyl (C=O) groups is 2. The Kier molecular flexibility index (Phi) is 17.4. The monoisotopic (exact) mass is 545 g/mol. The topological polar surface area (TPSA) is 102 Å². The van der Waals surface area contributed by atoms with Crippen LogP contribution < -0.4 is 10.1 Å². The number of esters is 1. The minimum atomic E-state index is -2.36. The van der Waals surface area contributed by atoms with Gasteiger partial charge < -0.3 is 33.7 Å². The van der Waals surface area contributed by atoms with E-state index in [1.807, 2.05) is 6.92 Å². The lowest BCUT2D eigenvalue weighted by Gasteiger charge is -2.09. The number of hydrogen-bond donors (Lipinski definition) is 1. The summed E-state index contributed by atoms with van der Waals surface area (Å²) in [5.41, 5.74) is 0. The Hall–Kier alpha value is -2.39. The number of benzene rings is 1. The summed E-state index contributed by atoms with van der Waals surface area (Å²) in [6.07, 6.45) is 0.558. The van der Waals surface area contributed by atoms with E-state index in [2.05, 4.69) is 10.1 Å². The van der Waals surface area contributed by atoms with E-state index >= 15 is 0 Å². The zero-order valence-electron chi connectivity index (χ0n) is 20.6. The van der Waals surface area contributed by atoms with Crippen LogP contribution in [0.5, 0.6) is 5.75 Å². The van der Waals surface area contributed by atoms with Crippen LogP contribution in [-0.4, -0.2) is 84.5 Å². The number of ether oxygens (including phenoxy) is 6. The molecule has 0 radical (unpaired) electrons. The van der Waals surface area contributed by atoms with E-state index in [0.29, 0.717) is 46.2 Å². The first-order valence-corrected chi connectivity index (χ1v) is 11.7. The average Bonchev–Trinajstić information content (AvgIpc) is 2.89. The fourth-order valence-corrected chi connectivity index (χ4v) is 2.52. The Morgan fingerprint density at radius 2 is 1.03 bits per heavy atom. The van der Waals surface area contributed by atoms with E-state index in [9.17, 15) is 31.5 Å². The van der Waals surface area contributed by atoms with E-state index in [4.69, 9.17) is 23.7 Å². The summed E-state index contributed by atoms with van der Waals surface area (Å²) in [6, 6.07) is 0. The van der Waals surface area contributed by atoms with Gasteiger partial charge in [-0.15, -0.1) is 0 Å². The molecule has 0 saturated carbocycles. The lowest BCUT2D eigenvalue weighted by atomic mass is 10.2. The number of carbonyl (C=O) groups excluding carboxylic acids is 2. The van der Waals surface area contributed by atoms with Crippen molar-refractivity contribution in [3.05, 3.63) is 29.1 Å². The third-order valence-electron chi connectivity index (χ3n) is 4.34. The highest BCUT2D eigenvalue weighted by Crippen LogP contribution is 2.29. The van der Waals surface area contributed by atoms with Gasteiger partial charge in [0.2, 0.25) is 40.7 Å². The highest BCUT2D eigenvalue weighted by atomic mass is 19.2. The molecule has 0 spiro atoms. The van der Waals surface area contributed by atoms with Crippen molar-refractivity contribution < 1.29 is 60.0 Å². The summed E-state index contributed by atoms with van der Waals surface area (Å²) in [5.74, 6) is -14.4. The fraction of sp³-hybridized carbons (Fsp3) is 0.652. The van der Waals surface area contributed by atoms with Crippen LogP contribution >= 0.6 is 0 Å². The first-order chi connectivity index (χ1) is 17.8. The van der Waals surface area contributed by atoms with E-state index in [-0.39, 0.29) is 38.8 Å². The van der Waals surface area contributed by atoms with Crippen molar-refractivity contribution in [1.82, 2.24) is 5.32 Å². The van der Waals surface area contributed by atoms with Crippen molar-refractivity contribution >= 4 is 11.9 Å². The number of amides is 1. The standard InChI is InChI=1S/C23H32F5NO8/c1-2-6-32-10-14-36-15-13-35-9-5-29-16(30)3-7-33-11-12-34-8-4-17(31)37-23-21(27)19(25)18(24)20(26)22(23)28/h2-15H2,1H3,(H,29,30). The summed E-state index contributed by atoms with van der Waals surface area (Å²) < 4.78 is 96.5. The Bertz CT molecular complexity index is 802. The first-order valence-electron chi connectivity index (χ1n) is 11.7. The molecule has 1 N–H and O–H groups in total. The molecule has 1 aromatic rings. The molecule has 0 aromatic heterocycles. The molecule has 1 aromatic carbocycles. The Labute approximate surface area is 211 Å². The molecule has 0 unspecified atom stereocenters. The lowest BCUT2D eigenvalue weighted by Crippen LogP contribution is -2.28. The van der Waals surface area contributed by atoms with E-state index in [0.717, 1.165) is 6.42 Å². The van der Waals surface area contributed by atoms with E-state index < -0.39 is 47.2 Å². The summed E-state index contributed by atoms with van der Waals surface area (Å²) in [4.78, 5) is 23.3. The van der Waals surface area contributed by atoms with Gasteiger partial charge in [-0.1, -0.05) is 6.92 Å². The number of rotatable bonds is 21. The zero-order valence-corrected chi connectivity index (χ0v) is 20.6. The third-order valence-corrected chi connectivity index (χ3v) is 4.34. The molecular weight excluding hydrogens is 513 g/mol. The van der Waals surface area contributed by atoms with Crippen molar-refractivity contribution in [3.63, 3.8) is 0 Å². The summed E-state index contributed by atoms with van der Waals surface area (Å²) in [5, 5.41) is 2.66. The van der Waals surface area contributed by atoms with Gasteiger partial charge in [0.1, 0.15) is 0 Å². The zero-order chi connectivity index (χ0) is 27.5. The van der Waals surface area contributed by atoms with Crippen molar-refractivity contribution in [2.24, 2.45) is 0 Å². The minimum Gasteiger partial charge on any atom is -0.420 e. The minimum absolute atomic E-state index is 0.0259. The predicted octanol–water partition coefficient (Wildman–Crippen LogP) is 2.68. The molecule has 212 valence electrons. The largest absolute Gasteiger partial charge is 0.420 e. The summed E-state index contributed by atoms with van der Waals surface area (Å²) >= 11 is 0. The maximum atomic E-state index is 13.5. The Morgan fingerprint density at radius 3 is 1.57 bits per heavy atom. The second-order valence-electron chi connectivity index (χ2n) is 7.28. The molecule has 0 aliphatic heterocycles. The van der Waals surface area contributed by atoms with Crippen LogP contribution in [0.3, 0.4) is 0 Å². The van der Waals surface area contributed by atoms with Gasteiger partial charge in [-0.25, -0.2) is 13.2 Å². The molecule has 0 bridgehead atoms. The fourth-order valence-electron chi connectivity index (χ4n) is 2.52. The van der Waals surface area contributed by atoms with Crippen LogP contribution in [0.25, 0.3) is 0 Å². The maximum absolute atomic E-state index is 13.5. The third kappa shape index (κ3) is 13.6. The second-order valence-corrected chi connectivity index (χ2v) is 7.28. The van der Waals surface area contributed by atoms with Crippen molar-refractivity contribution in [2.75, 3.05) is 72.6 Å². The van der Waals surface area contributed by atoms with Gasteiger partial charge in [-0.05, 0) is 6.42 Å². The molecular formula is C23H32F5NO8. The molecule has 0 aliphatic carbocycles. The van der Waals surface area contributed by atoms with Gasteiger partial charge in [0.15, 0.2) is 0 Å². The van der Waals surface area contributed by atoms with Crippen LogP contribution in [0.2, 0.25) is 0 Å². The van der Waals surface area contributed by atoms with Gasteiger partial charge in [0, 0.05) is 19.6 Å². The average molecular weight is 545 g/mol. The van der Waals surface area contributed by atoms with Crippen molar-refractivity contribution in [3.8, 4) is 5.75 Å². The van der Waals surface area contributed by atoms with Crippen LogP contribution in [0, 0.1) is 29.1 Å². The summed E-state index contributed by atoms with van der Waals surface area (Å²) in [7, 11) is 0. The molecule has 14 heteroatoms. The SMILES string of the molecule is CCCOCCOCCOCCNC(=O)CCOCCOCCC(=O)Oc1c(F)c(F)c(F)c(F)c1F. The molecule has 0 aliphatic rings. The van der Waals surface area contributed by atoms with E-state index in [1.54, 1.807) is 0 Å². The quantitative estimate of drug-likeness (QED) is 0.0629. The molecule has 37 heavy (non-hydrogen) atoms. The van der Waals surface area contributed by atoms with Crippen LogP contribution in [0.15, 0.2) is 0 Å². The first kappa shape index (κ1) is 32.6. The summed E-state index contributed by atoms with van der Waals surface area (Å²) in [6.45, 7) is 5.27. The lowest BCUT2D eigenvalue weighted by molar-refractivity contribution is -0.136. The van der Waals surface area contributed by atoms with E-state index in [1.165, 1.54) is 0 Å². The second kappa shape index (κ2) is 19.7. The van der Waals surface area contributed by atoms with Crippen LogP contribution in [0.4, 0.5) is 22.0 Å². The van der Waals surface area contributed by atoms with Crippen LogP contribution in [0.1, 0.15) is 26.2 Å². The normalized spacial score (nSPS) is 11.1. The Morgan fingerprint density at radius 1 is 0.595 bits per heavy atom. The molecule has 1 rings (SSSR count). The van der Waals surface area contributed by atoms with Crippen molar-refractivity contribution in [1.29, 1.82) is 0 Å². The molecule has 0 fully saturated rings.